The Bertz CT molecular complexity index is 1070. The van der Waals surface area contributed by atoms with Gasteiger partial charge in [-0.15, -0.1) is 13.2 Å². The minimum atomic E-state index is -4.87. The van der Waals surface area contributed by atoms with E-state index in [1.165, 1.54) is 23.4 Å². The van der Waals surface area contributed by atoms with Crippen molar-refractivity contribution in [1.82, 2.24) is 9.21 Å². The van der Waals surface area contributed by atoms with Crippen LogP contribution in [0.3, 0.4) is 0 Å². The van der Waals surface area contributed by atoms with Crippen LogP contribution in [0.15, 0.2) is 47.4 Å². The standard InChI is InChI=1S/C20H21F3N2O6S/c1-29-15-5-8-17(18(13-15)30-2)19(26)24-9-11-25(12-10-24)32(27,28)16-6-3-14(4-7-16)31-20(21,22)23/h3-8,13H,9-12H2,1-2H3. The molecule has 12 heteroatoms. The number of hydrogen-bond acceptors (Lipinski definition) is 6. The maximum absolute atomic E-state index is 12.9. The van der Waals surface area contributed by atoms with Crippen LogP contribution in [-0.2, 0) is 10.0 Å². The monoisotopic (exact) mass is 474 g/mol. The third-order valence-corrected chi connectivity index (χ3v) is 6.77. The summed E-state index contributed by atoms with van der Waals surface area (Å²) in [6.07, 6.45) is -4.87. The van der Waals surface area contributed by atoms with Crippen LogP contribution in [0.4, 0.5) is 13.2 Å². The summed E-state index contributed by atoms with van der Waals surface area (Å²) < 4.78 is 77.8. The van der Waals surface area contributed by atoms with Gasteiger partial charge in [-0.3, -0.25) is 4.79 Å². The third kappa shape index (κ3) is 5.25. The SMILES string of the molecule is COc1ccc(C(=O)N2CCN(S(=O)(=O)c3ccc(OC(F)(F)F)cc3)CC2)c(OC)c1. The topological polar surface area (TPSA) is 85.4 Å². The number of ether oxygens (including phenoxy) is 3. The molecule has 0 aromatic heterocycles. The van der Waals surface area contributed by atoms with E-state index in [9.17, 15) is 26.4 Å². The molecule has 0 N–H and O–H groups in total. The van der Waals surface area contributed by atoms with Gasteiger partial charge < -0.3 is 19.1 Å². The molecule has 0 unspecified atom stereocenters. The Morgan fingerprint density at radius 1 is 0.906 bits per heavy atom. The zero-order valence-electron chi connectivity index (χ0n) is 17.3. The summed E-state index contributed by atoms with van der Waals surface area (Å²) in [6, 6.07) is 8.77. The van der Waals surface area contributed by atoms with Crippen molar-refractivity contribution in [2.45, 2.75) is 11.3 Å². The zero-order valence-corrected chi connectivity index (χ0v) is 18.1. The number of carbonyl (C=O) groups is 1. The van der Waals surface area contributed by atoms with Gasteiger partial charge in [-0.25, -0.2) is 8.42 Å². The summed E-state index contributed by atoms with van der Waals surface area (Å²) >= 11 is 0. The van der Waals surface area contributed by atoms with Gasteiger partial charge in [-0.05, 0) is 36.4 Å². The van der Waals surface area contributed by atoms with E-state index < -0.39 is 22.1 Å². The smallest absolute Gasteiger partial charge is 0.497 e. The zero-order chi connectivity index (χ0) is 23.5. The molecule has 2 aromatic carbocycles. The molecular formula is C20H21F3N2O6S. The Hall–Kier alpha value is -2.99. The molecule has 1 aliphatic heterocycles. The predicted molar refractivity (Wildman–Crippen MR) is 107 cm³/mol. The van der Waals surface area contributed by atoms with Crippen LogP contribution in [0.25, 0.3) is 0 Å². The number of rotatable bonds is 6. The molecule has 32 heavy (non-hydrogen) atoms. The summed E-state index contributed by atoms with van der Waals surface area (Å²) in [4.78, 5) is 14.2. The van der Waals surface area contributed by atoms with Crippen molar-refractivity contribution in [2.75, 3.05) is 40.4 Å². The Balaban J connectivity index is 1.68. The maximum atomic E-state index is 12.9. The lowest BCUT2D eigenvalue weighted by atomic mass is 10.1. The first-order valence-corrected chi connectivity index (χ1v) is 10.9. The normalized spacial score (nSPS) is 15.3. The first-order chi connectivity index (χ1) is 15.0. The molecule has 174 valence electrons. The fourth-order valence-electron chi connectivity index (χ4n) is 3.24. The lowest BCUT2D eigenvalue weighted by Gasteiger charge is -2.34. The van der Waals surface area contributed by atoms with E-state index in [1.807, 2.05) is 0 Å². The second kappa shape index (κ2) is 9.25. The number of amides is 1. The number of carbonyl (C=O) groups excluding carboxylic acids is 1. The first-order valence-electron chi connectivity index (χ1n) is 9.42. The highest BCUT2D eigenvalue weighted by atomic mass is 32.2. The van der Waals surface area contributed by atoms with Gasteiger partial charge in [0.15, 0.2) is 0 Å². The van der Waals surface area contributed by atoms with E-state index in [2.05, 4.69) is 4.74 Å². The number of hydrogen-bond donors (Lipinski definition) is 0. The summed E-state index contributed by atoms with van der Waals surface area (Å²) in [5.41, 5.74) is 0.324. The second-order valence-electron chi connectivity index (χ2n) is 6.78. The van der Waals surface area contributed by atoms with Gasteiger partial charge in [-0.2, -0.15) is 4.31 Å². The van der Waals surface area contributed by atoms with Gasteiger partial charge in [0, 0.05) is 32.2 Å². The summed E-state index contributed by atoms with van der Waals surface area (Å²) in [5.74, 6) is 0.0436. The average Bonchev–Trinajstić information content (AvgIpc) is 2.77. The van der Waals surface area contributed by atoms with E-state index in [0.717, 1.165) is 24.3 Å². The summed E-state index contributed by atoms with van der Waals surface area (Å²) in [5, 5.41) is 0. The van der Waals surface area contributed by atoms with Crippen LogP contribution in [0, 0.1) is 0 Å². The third-order valence-electron chi connectivity index (χ3n) is 4.86. The van der Waals surface area contributed by atoms with Crippen LogP contribution in [-0.4, -0.2) is 70.3 Å². The fraction of sp³-hybridized carbons (Fsp3) is 0.350. The number of halogens is 3. The van der Waals surface area contributed by atoms with Gasteiger partial charge in [0.2, 0.25) is 10.0 Å². The number of benzene rings is 2. The minimum Gasteiger partial charge on any atom is -0.497 e. The first kappa shape index (κ1) is 23.7. The molecule has 8 nitrogen and oxygen atoms in total. The van der Waals surface area contributed by atoms with Gasteiger partial charge >= 0.3 is 6.36 Å². The lowest BCUT2D eigenvalue weighted by Crippen LogP contribution is -2.50. The van der Waals surface area contributed by atoms with E-state index in [4.69, 9.17) is 9.47 Å². The van der Waals surface area contributed by atoms with Crippen molar-refractivity contribution in [2.24, 2.45) is 0 Å². The number of sulfonamides is 1. The largest absolute Gasteiger partial charge is 0.573 e. The quantitative estimate of drug-likeness (QED) is 0.640. The minimum absolute atomic E-state index is 0.0351. The molecule has 1 fully saturated rings. The van der Waals surface area contributed by atoms with Crippen molar-refractivity contribution in [1.29, 1.82) is 0 Å². The van der Waals surface area contributed by atoms with Gasteiger partial charge in [0.1, 0.15) is 17.2 Å². The Kier molecular flexibility index (Phi) is 6.84. The van der Waals surface area contributed by atoms with Gasteiger partial charge in [0.05, 0.1) is 24.7 Å². The van der Waals surface area contributed by atoms with E-state index in [0.29, 0.717) is 17.1 Å². The molecule has 3 rings (SSSR count). The van der Waals surface area contributed by atoms with Crippen LogP contribution in [0.5, 0.6) is 17.2 Å². The van der Waals surface area contributed by atoms with E-state index in [1.54, 1.807) is 18.2 Å². The second-order valence-corrected chi connectivity index (χ2v) is 8.72. The van der Waals surface area contributed by atoms with Crippen LogP contribution in [0.1, 0.15) is 10.4 Å². The Labute approximate surface area is 183 Å². The van der Waals surface area contributed by atoms with E-state index in [-0.39, 0.29) is 37.0 Å². The molecular weight excluding hydrogens is 453 g/mol. The van der Waals surface area contributed by atoms with Crippen LogP contribution >= 0.6 is 0 Å². The number of alkyl halides is 3. The highest BCUT2D eigenvalue weighted by Crippen LogP contribution is 2.28. The van der Waals surface area contributed by atoms with Crippen molar-refractivity contribution >= 4 is 15.9 Å². The van der Waals surface area contributed by atoms with Crippen molar-refractivity contribution < 1.29 is 40.6 Å². The number of methoxy groups -OCH3 is 2. The van der Waals surface area contributed by atoms with Gasteiger partial charge in [0.25, 0.3) is 5.91 Å². The molecule has 0 bridgehead atoms. The number of piperazine rings is 1. The lowest BCUT2D eigenvalue weighted by molar-refractivity contribution is -0.274. The predicted octanol–water partition coefficient (Wildman–Crippen LogP) is 2.75. The van der Waals surface area contributed by atoms with E-state index >= 15 is 0 Å². The Morgan fingerprint density at radius 3 is 2.03 bits per heavy atom. The molecule has 0 aliphatic carbocycles. The van der Waals surface area contributed by atoms with Crippen molar-refractivity contribution in [3.63, 3.8) is 0 Å². The van der Waals surface area contributed by atoms with Crippen molar-refractivity contribution in [3.05, 3.63) is 48.0 Å². The average molecular weight is 474 g/mol. The fourth-order valence-corrected chi connectivity index (χ4v) is 4.66. The highest BCUT2D eigenvalue weighted by Gasteiger charge is 2.33. The van der Waals surface area contributed by atoms with Crippen LogP contribution in [0.2, 0.25) is 0 Å². The molecule has 1 aliphatic rings. The van der Waals surface area contributed by atoms with Crippen molar-refractivity contribution in [3.8, 4) is 17.2 Å². The maximum Gasteiger partial charge on any atom is 0.573 e. The molecule has 1 amide bonds. The Morgan fingerprint density at radius 2 is 1.50 bits per heavy atom. The molecule has 0 radical (unpaired) electrons. The molecule has 1 saturated heterocycles. The summed E-state index contributed by atoms with van der Waals surface area (Å²) in [6.45, 7) is 0.353. The molecule has 1 heterocycles. The molecule has 0 saturated carbocycles. The molecule has 2 aromatic rings. The highest BCUT2D eigenvalue weighted by molar-refractivity contribution is 7.89. The van der Waals surface area contributed by atoms with Gasteiger partial charge in [-0.1, -0.05) is 0 Å². The number of nitrogens with zero attached hydrogens (tertiary/aromatic N) is 2. The van der Waals surface area contributed by atoms with Crippen LogP contribution < -0.4 is 14.2 Å². The molecule has 0 atom stereocenters. The summed E-state index contributed by atoms with van der Waals surface area (Å²) in [7, 11) is -1.02. The molecule has 0 spiro atoms.